The molecule has 1 aromatic rings. The molecule has 3 nitrogen and oxygen atoms in total. The van der Waals surface area contributed by atoms with Crippen molar-refractivity contribution >= 4 is 21.6 Å². The number of hydrogen-bond acceptors (Lipinski definition) is 2. The predicted molar refractivity (Wildman–Crippen MR) is 84.9 cm³/mol. The average molecular weight is 318 g/mol. The first-order valence-corrected chi connectivity index (χ1v) is 8.93. The smallest absolute Gasteiger partial charge is 0.207 e. The molecule has 0 heterocycles. The van der Waals surface area contributed by atoms with Crippen molar-refractivity contribution in [2.75, 3.05) is 13.1 Å². The van der Waals surface area contributed by atoms with Gasteiger partial charge in [-0.3, -0.25) is 0 Å². The minimum atomic E-state index is -3.43. The van der Waals surface area contributed by atoms with Crippen LogP contribution in [-0.2, 0) is 10.0 Å². The van der Waals surface area contributed by atoms with Gasteiger partial charge in [0.1, 0.15) is 0 Å². The number of sulfonamides is 1. The molecule has 0 fully saturated rings. The number of hydrogen-bond donors (Lipinski definition) is 0. The third-order valence-corrected chi connectivity index (χ3v) is 5.96. The van der Waals surface area contributed by atoms with Gasteiger partial charge in [0.05, 0.1) is 4.90 Å². The molecule has 20 heavy (non-hydrogen) atoms. The van der Waals surface area contributed by atoms with Gasteiger partial charge in [0.25, 0.3) is 0 Å². The minimum absolute atomic E-state index is 0.373. The highest BCUT2D eigenvalue weighted by molar-refractivity contribution is 7.89. The molecule has 0 saturated carbocycles. The predicted octanol–water partition coefficient (Wildman–Crippen LogP) is 4.16. The molecule has 0 aromatic heterocycles. The Labute approximate surface area is 128 Å². The summed E-state index contributed by atoms with van der Waals surface area (Å²) in [6.07, 6.45) is 3.02. The summed E-state index contributed by atoms with van der Waals surface area (Å²) in [5, 5.41) is 0.607. The third kappa shape index (κ3) is 3.96. The van der Waals surface area contributed by atoms with E-state index in [9.17, 15) is 8.42 Å². The molecule has 0 aliphatic heterocycles. The van der Waals surface area contributed by atoms with Crippen LogP contribution in [0.25, 0.3) is 0 Å². The van der Waals surface area contributed by atoms with E-state index in [0.29, 0.717) is 28.6 Å². The lowest BCUT2D eigenvalue weighted by molar-refractivity contribution is 0.414. The number of rotatable bonds is 7. The summed E-state index contributed by atoms with van der Waals surface area (Å²) >= 11 is 6.04. The quantitative estimate of drug-likeness (QED) is 0.708. The lowest BCUT2D eigenvalue weighted by atomic mass is 10.2. The molecule has 0 bridgehead atoms. The van der Waals surface area contributed by atoms with Gasteiger partial charge in [0.2, 0.25) is 10.0 Å². The third-order valence-electron chi connectivity index (χ3n) is 3.44. The molecule has 1 rings (SSSR count). The second kappa shape index (κ2) is 7.43. The zero-order valence-corrected chi connectivity index (χ0v) is 14.3. The Balaban J connectivity index is 3.11. The Bertz CT molecular complexity index is 555. The standard InChI is InChI=1S/C15H24ClNO2S/c1-5-7-8-9-17(6-2)20(18,19)15-11-12(3)14(16)10-13(15)4/h10-11H,5-9H2,1-4H3. The molecule has 0 atom stereocenters. The molecule has 0 amide bonds. The summed E-state index contributed by atoms with van der Waals surface area (Å²) in [7, 11) is -3.43. The molecule has 114 valence electrons. The first kappa shape index (κ1) is 17.5. The van der Waals surface area contributed by atoms with Crippen LogP contribution in [0.1, 0.15) is 44.2 Å². The molecule has 0 radical (unpaired) electrons. The molecule has 5 heteroatoms. The summed E-state index contributed by atoms with van der Waals surface area (Å²) in [4.78, 5) is 0.373. The van der Waals surface area contributed by atoms with Crippen LogP contribution in [-0.4, -0.2) is 25.8 Å². The summed E-state index contributed by atoms with van der Waals surface area (Å²) in [6.45, 7) is 8.67. The first-order chi connectivity index (χ1) is 9.34. The van der Waals surface area contributed by atoms with E-state index in [4.69, 9.17) is 11.6 Å². The highest BCUT2D eigenvalue weighted by Gasteiger charge is 2.25. The maximum atomic E-state index is 12.7. The maximum absolute atomic E-state index is 12.7. The van der Waals surface area contributed by atoms with Gasteiger partial charge in [-0.2, -0.15) is 4.31 Å². The minimum Gasteiger partial charge on any atom is -0.207 e. The fourth-order valence-corrected chi connectivity index (χ4v) is 4.16. The Morgan fingerprint density at radius 1 is 1.10 bits per heavy atom. The van der Waals surface area contributed by atoms with Crippen LogP contribution in [0.15, 0.2) is 17.0 Å². The Morgan fingerprint density at radius 3 is 2.30 bits per heavy atom. The van der Waals surface area contributed by atoms with Crippen LogP contribution in [0.5, 0.6) is 0 Å². The van der Waals surface area contributed by atoms with E-state index in [2.05, 4.69) is 6.92 Å². The van der Waals surface area contributed by atoms with Crippen LogP contribution in [0, 0.1) is 13.8 Å². The SMILES string of the molecule is CCCCCN(CC)S(=O)(=O)c1cc(C)c(Cl)cc1C. The highest BCUT2D eigenvalue weighted by atomic mass is 35.5. The van der Waals surface area contributed by atoms with Crippen molar-refractivity contribution in [1.82, 2.24) is 4.31 Å². The van der Waals surface area contributed by atoms with Gasteiger partial charge < -0.3 is 0 Å². The monoisotopic (exact) mass is 317 g/mol. The molecule has 0 aliphatic rings. The van der Waals surface area contributed by atoms with Crippen molar-refractivity contribution in [3.63, 3.8) is 0 Å². The molecular weight excluding hydrogens is 294 g/mol. The maximum Gasteiger partial charge on any atom is 0.243 e. The molecule has 0 saturated heterocycles. The number of nitrogens with zero attached hydrogens (tertiary/aromatic N) is 1. The largest absolute Gasteiger partial charge is 0.243 e. The summed E-state index contributed by atoms with van der Waals surface area (Å²) in [5.41, 5.74) is 1.50. The van der Waals surface area contributed by atoms with Gasteiger partial charge in [0, 0.05) is 18.1 Å². The van der Waals surface area contributed by atoms with E-state index in [-0.39, 0.29) is 0 Å². The number of aryl methyl sites for hydroxylation is 2. The van der Waals surface area contributed by atoms with Gasteiger partial charge in [-0.1, -0.05) is 38.3 Å². The Kier molecular flexibility index (Phi) is 6.49. The average Bonchev–Trinajstić information content (AvgIpc) is 2.38. The van der Waals surface area contributed by atoms with Gasteiger partial charge in [-0.15, -0.1) is 0 Å². The van der Waals surface area contributed by atoms with Crippen LogP contribution < -0.4 is 0 Å². The van der Waals surface area contributed by atoms with Crippen molar-refractivity contribution < 1.29 is 8.42 Å². The number of halogens is 1. The van der Waals surface area contributed by atoms with Crippen molar-refractivity contribution in [3.8, 4) is 0 Å². The summed E-state index contributed by atoms with van der Waals surface area (Å²) in [6, 6.07) is 3.40. The van der Waals surface area contributed by atoms with Crippen molar-refractivity contribution in [2.45, 2.75) is 51.9 Å². The van der Waals surface area contributed by atoms with E-state index in [1.165, 1.54) is 0 Å². The molecular formula is C15H24ClNO2S. The lowest BCUT2D eigenvalue weighted by Gasteiger charge is -2.22. The molecule has 1 aromatic carbocycles. The van der Waals surface area contributed by atoms with E-state index in [0.717, 1.165) is 24.8 Å². The van der Waals surface area contributed by atoms with E-state index in [1.54, 1.807) is 23.4 Å². The van der Waals surface area contributed by atoms with Crippen molar-refractivity contribution in [3.05, 3.63) is 28.3 Å². The number of unbranched alkanes of at least 4 members (excludes halogenated alkanes) is 2. The first-order valence-electron chi connectivity index (χ1n) is 7.11. The van der Waals surface area contributed by atoms with Gasteiger partial charge in [-0.05, 0) is 43.5 Å². The Hall–Kier alpha value is -0.580. The van der Waals surface area contributed by atoms with E-state index in [1.807, 2.05) is 13.8 Å². The summed E-state index contributed by atoms with van der Waals surface area (Å²) in [5.74, 6) is 0. The second-order valence-electron chi connectivity index (χ2n) is 5.07. The fourth-order valence-electron chi connectivity index (χ4n) is 2.16. The molecule has 0 aliphatic carbocycles. The van der Waals surface area contributed by atoms with Crippen molar-refractivity contribution in [2.24, 2.45) is 0 Å². The summed E-state index contributed by atoms with van der Waals surface area (Å²) < 4.78 is 27.0. The normalized spacial score (nSPS) is 12.1. The van der Waals surface area contributed by atoms with Crippen molar-refractivity contribution in [1.29, 1.82) is 0 Å². The zero-order valence-electron chi connectivity index (χ0n) is 12.7. The zero-order chi connectivity index (χ0) is 15.3. The highest BCUT2D eigenvalue weighted by Crippen LogP contribution is 2.26. The molecule has 0 N–H and O–H groups in total. The van der Waals surface area contributed by atoms with Gasteiger partial charge >= 0.3 is 0 Å². The fraction of sp³-hybridized carbons (Fsp3) is 0.600. The molecule has 0 spiro atoms. The van der Waals surface area contributed by atoms with Crippen LogP contribution in [0.2, 0.25) is 5.02 Å². The lowest BCUT2D eigenvalue weighted by Crippen LogP contribution is -2.32. The topological polar surface area (TPSA) is 37.4 Å². The van der Waals surface area contributed by atoms with Crippen LogP contribution in [0.4, 0.5) is 0 Å². The molecule has 0 unspecified atom stereocenters. The Morgan fingerprint density at radius 2 is 1.75 bits per heavy atom. The van der Waals surface area contributed by atoms with E-state index >= 15 is 0 Å². The van der Waals surface area contributed by atoms with Crippen LogP contribution in [0.3, 0.4) is 0 Å². The van der Waals surface area contributed by atoms with Gasteiger partial charge in [0.15, 0.2) is 0 Å². The second-order valence-corrected chi connectivity index (χ2v) is 7.38. The number of benzene rings is 1. The van der Waals surface area contributed by atoms with Gasteiger partial charge in [-0.25, -0.2) is 8.42 Å². The van der Waals surface area contributed by atoms with Crippen LogP contribution >= 0.6 is 11.6 Å². The van der Waals surface area contributed by atoms with E-state index < -0.39 is 10.0 Å².